The van der Waals surface area contributed by atoms with Crippen LogP contribution >= 0.6 is 0 Å². The summed E-state index contributed by atoms with van der Waals surface area (Å²) < 4.78 is 0. The van der Waals surface area contributed by atoms with Crippen molar-refractivity contribution in [1.29, 1.82) is 0 Å². The Morgan fingerprint density at radius 3 is 2.35 bits per heavy atom. The number of hydrogen-bond acceptors (Lipinski definition) is 2. The molecule has 1 saturated heterocycles. The fourth-order valence-electron chi connectivity index (χ4n) is 3.10. The van der Waals surface area contributed by atoms with Crippen LogP contribution in [0.2, 0.25) is 0 Å². The van der Waals surface area contributed by atoms with Crippen molar-refractivity contribution in [2.45, 2.75) is 51.5 Å². The minimum Gasteiger partial charge on any atom is -0.353 e. The summed E-state index contributed by atoms with van der Waals surface area (Å²) in [5.74, 6) is 0.718. The molecule has 1 heterocycles. The van der Waals surface area contributed by atoms with Gasteiger partial charge in [-0.1, -0.05) is 29.8 Å². The van der Waals surface area contributed by atoms with E-state index < -0.39 is 0 Å². The van der Waals surface area contributed by atoms with Crippen LogP contribution in [0, 0.1) is 12.8 Å². The largest absolute Gasteiger partial charge is 0.353 e. The van der Waals surface area contributed by atoms with E-state index in [-0.39, 0.29) is 23.8 Å². The normalized spacial score (nSPS) is 18.7. The third-order valence-electron chi connectivity index (χ3n) is 4.89. The third kappa shape index (κ3) is 4.57. The average Bonchev–Trinajstić information content (AvgIpc) is 3.40. The van der Waals surface area contributed by atoms with E-state index in [1.165, 1.54) is 11.1 Å². The topological polar surface area (TPSA) is 49.4 Å². The first-order valence-corrected chi connectivity index (χ1v) is 8.75. The van der Waals surface area contributed by atoms with Crippen molar-refractivity contribution in [2.75, 3.05) is 13.1 Å². The minimum absolute atomic E-state index is 0.217. The zero-order chi connectivity index (χ0) is 16.2. The Bertz CT molecular complexity index is 555. The molecule has 0 atom stereocenters. The van der Waals surface area contributed by atoms with Gasteiger partial charge >= 0.3 is 0 Å². The molecule has 0 bridgehead atoms. The first-order valence-electron chi connectivity index (χ1n) is 8.75. The number of carbonyl (C=O) groups excluding carboxylic acids is 2. The van der Waals surface area contributed by atoms with Crippen LogP contribution in [0.3, 0.4) is 0 Å². The number of carbonyl (C=O) groups is 2. The summed E-state index contributed by atoms with van der Waals surface area (Å²) in [6, 6.07) is 8.64. The molecule has 1 aliphatic heterocycles. The Hall–Kier alpha value is -1.84. The lowest BCUT2D eigenvalue weighted by molar-refractivity contribution is -0.132. The highest BCUT2D eigenvalue weighted by atomic mass is 16.2. The molecule has 1 aromatic rings. The van der Waals surface area contributed by atoms with Crippen molar-refractivity contribution in [3.8, 4) is 0 Å². The molecule has 124 valence electrons. The molecule has 0 radical (unpaired) electrons. The molecule has 23 heavy (non-hydrogen) atoms. The summed E-state index contributed by atoms with van der Waals surface area (Å²) in [5.41, 5.74) is 2.46. The molecule has 0 unspecified atom stereocenters. The monoisotopic (exact) mass is 314 g/mol. The Balaban J connectivity index is 1.39. The van der Waals surface area contributed by atoms with Crippen LogP contribution in [-0.4, -0.2) is 35.8 Å². The number of hydrogen-bond donors (Lipinski definition) is 1. The van der Waals surface area contributed by atoms with Gasteiger partial charge in [-0.05, 0) is 44.6 Å². The summed E-state index contributed by atoms with van der Waals surface area (Å²) in [7, 11) is 0. The van der Waals surface area contributed by atoms with Crippen LogP contribution in [0.15, 0.2) is 24.3 Å². The molecule has 1 aromatic carbocycles. The molecular formula is C19H26N2O2. The van der Waals surface area contributed by atoms with Crippen LogP contribution in [0.5, 0.6) is 0 Å². The zero-order valence-corrected chi connectivity index (χ0v) is 13.9. The van der Waals surface area contributed by atoms with E-state index in [0.717, 1.165) is 45.2 Å². The molecule has 0 spiro atoms. The SMILES string of the molecule is Cc1ccc(CCC(=O)N2CCC(NC(=O)C3CC3)CC2)cc1. The van der Waals surface area contributed by atoms with E-state index in [4.69, 9.17) is 0 Å². The maximum atomic E-state index is 12.3. The van der Waals surface area contributed by atoms with Crippen molar-refractivity contribution < 1.29 is 9.59 Å². The molecule has 4 nitrogen and oxygen atoms in total. The fraction of sp³-hybridized carbons (Fsp3) is 0.579. The van der Waals surface area contributed by atoms with Crippen LogP contribution in [0.4, 0.5) is 0 Å². The second-order valence-electron chi connectivity index (χ2n) is 6.92. The second-order valence-corrected chi connectivity index (χ2v) is 6.92. The quantitative estimate of drug-likeness (QED) is 0.907. The lowest BCUT2D eigenvalue weighted by atomic mass is 10.0. The molecule has 2 amide bonds. The van der Waals surface area contributed by atoms with Gasteiger partial charge in [0.1, 0.15) is 0 Å². The lowest BCUT2D eigenvalue weighted by Gasteiger charge is -2.32. The smallest absolute Gasteiger partial charge is 0.223 e. The number of benzene rings is 1. The van der Waals surface area contributed by atoms with Gasteiger partial charge in [0.15, 0.2) is 0 Å². The van der Waals surface area contributed by atoms with E-state index >= 15 is 0 Å². The average molecular weight is 314 g/mol. The van der Waals surface area contributed by atoms with Crippen molar-refractivity contribution in [2.24, 2.45) is 5.92 Å². The molecule has 2 fully saturated rings. The first-order chi connectivity index (χ1) is 11.1. The van der Waals surface area contributed by atoms with Crippen molar-refractivity contribution in [3.63, 3.8) is 0 Å². The van der Waals surface area contributed by atoms with Gasteiger partial charge < -0.3 is 10.2 Å². The van der Waals surface area contributed by atoms with Crippen LogP contribution in [-0.2, 0) is 16.0 Å². The van der Waals surface area contributed by atoms with E-state index in [1.807, 2.05) is 4.90 Å². The van der Waals surface area contributed by atoms with Gasteiger partial charge in [0.2, 0.25) is 11.8 Å². The summed E-state index contributed by atoms with van der Waals surface area (Å²) in [6.07, 6.45) is 5.23. The summed E-state index contributed by atoms with van der Waals surface area (Å²) in [5, 5.41) is 3.13. The van der Waals surface area contributed by atoms with E-state index in [0.29, 0.717) is 6.42 Å². The van der Waals surface area contributed by atoms with E-state index in [9.17, 15) is 9.59 Å². The second kappa shape index (κ2) is 7.16. The first kappa shape index (κ1) is 16.0. The van der Waals surface area contributed by atoms with E-state index in [2.05, 4.69) is 36.5 Å². The lowest BCUT2D eigenvalue weighted by Crippen LogP contribution is -2.47. The molecule has 3 rings (SSSR count). The molecule has 2 aliphatic rings. The van der Waals surface area contributed by atoms with Crippen LogP contribution in [0.1, 0.15) is 43.2 Å². The molecule has 1 saturated carbocycles. The molecule has 4 heteroatoms. The summed E-state index contributed by atoms with van der Waals surface area (Å²) in [4.78, 5) is 26.1. The zero-order valence-electron chi connectivity index (χ0n) is 13.9. The highest BCUT2D eigenvalue weighted by Gasteiger charge is 2.32. The molecular weight excluding hydrogens is 288 g/mol. The standard InChI is InChI=1S/C19H26N2O2/c1-14-2-4-15(5-3-14)6-9-18(22)21-12-10-17(11-13-21)20-19(23)16-7-8-16/h2-5,16-17H,6-13H2,1H3,(H,20,23). The molecule has 1 aliphatic carbocycles. The minimum atomic E-state index is 0.217. The van der Waals surface area contributed by atoms with Gasteiger partial charge in [-0.25, -0.2) is 0 Å². The maximum Gasteiger partial charge on any atom is 0.223 e. The number of aryl methyl sites for hydroxylation is 2. The van der Waals surface area contributed by atoms with Gasteiger partial charge in [-0.3, -0.25) is 9.59 Å². The van der Waals surface area contributed by atoms with Gasteiger partial charge in [-0.15, -0.1) is 0 Å². The number of nitrogens with one attached hydrogen (secondary N) is 1. The Labute approximate surface area is 138 Å². The van der Waals surface area contributed by atoms with Crippen LogP contribution < -0.4 is 5.32 Å². The number of likely N-dealkylation sites (tertiary alicyclic amines) is 1. The third-order valence-corrected chi connectivity index (χ3v) is 4.89. The predicted octanol–water partition coefficient (Wildman–Crippen LogP) is 2.44. The number of piperidine rings is 1. The number of nitrogens with zero attached hydrogens (tertiary/aromatic N) is 1. The van der Waals surface area contributed by atoms with Gasteiger partial charge in [-0.2, -0.15) is 0 Å². The predicted molar refractivity (Wildman–Crippen MR) is 90.0 cm³/mol. The van der Waals surface area contributed by atoms with Crippen molar-refractivity contribution >= 4 is 11.8 Å². The summed E-state index contributed by atoms with van der Waals surface area (Å²) in [6.45, 7) is 3.60. The fourth-order valence-corrected chi connectivity index (χ4v) is 3.10. The Morgan fingerprint density at radius 1 is 1.09 bits per heavy atom. The van der Waals surface area contributed by atoms with Crippen molar-refractivity contribution in [1.82, 2.24) is 10.2 Å². The molecule has 1 N–H and O–H groups in total. The molecule has 0 aromatic heterocycles. The number of amides is 2. The van der Waals surface area contributed by atoms with E-state index in [1.54, 1.807) is 0 Å². The van der Waals surface area contributed by atoms with Crippen LogP contribution in [0.25, 0.3) is 0 Å². The number of rotatable bonds is 5. The van der Waals surface area contributed by atoms with Gasteiger partial charge in [0.25, 0.3) is 0 Å². The highest BCUT2D eigenvalue weighted by Crippen LogP contribution is 2.29. The Kier molecular flexibility index (Phi) is 4.99. The van der Waals surface area contributed by atoms with Gasteiger partial charge in [0, 0.05) is 31.5 Å². The maximum absolute atomic E-state index is 12.3. The van der Waals surface area contributed by atoms with Gasteiger partial charge in [0.05, 0.1) is 0 Å². The highest BCUT2D eigenvalue weighted by molar-refractivity contribution is 5.81. The Morgan fingerprint density at radius 2 is 1.74 bits per heavy atom. The summed E-state index contributed by atoms with van der Waals surface area (Å²) >= 11 is 0. The van der Waals surface area contributed by atoms with Crippen molar-refractivity contribution in [3.05, 3.63) is 35.4 Å².